The van der Waals surface area contributed by atoms with Gasteiger partial charge in [-0.3, -0.25) is 0 Å². The summed E-state index contributed by atoms with van der Waals surface area (Å²) in [7, 11) is 0. The van der Waals surface area contributed by atoms with Crippen molar-refractivity contribution in [1.82, 2.24) is 0 Å². The minimum atomic E-state index is 0. The largest absolute Gasteiger partial charge is 2.00 e. The van der Waals surface area contributed by atoms with Gasteiger partial charge in [-0.2, -0.15) is 6.54 Å². The standard InChI is InChI=1S/C3H7N.Pt/c1-2-3-4;/h4H,1-3H2;/q-2;+2. The Morgan fingerprint density at radius 1 is 1.60 bits per heavy atom. The van der Waals surface area contributed by atoms with Gasteiger partial charge in [-0.1, -0.05) is 0 Å². The Morgan fingerprint density at radius 3 is 1.80 bits per heavy atom. The molecule has 0 aliphatic heterocycles. The predicted molar refractivity (Wildman–Crippen MR) is 19.2 cm³/mol. The van der Waals surface area contributed by atoms with E-state index in [9.17, 15) is 0 Å². The van der Waals surface area contributed by atoms with E-state index in [-0.39, 0.29) is 21.1 Å². The SMILES string of the molecule is [CH2-]CC[NH-].[Pt+2]. The summed E-state index contributed by atoms with van der Waals surface area (Å²) in [4.78, 5) is 0. The monoisotopic (exact) mass is 252 g/mol. The first-order valence-electron chi connectivity index (χ1n) is 1.35. The average molecular weight is 252 g/mol. The molecule has 0 heterocycles. The molecule has 1 nitrogen and oxygen atoms in total. The van der Waals surface area contributed by atoms with Gasteiger partial charge in [-0.15, -0.1) is 0 Å². The molecule has 0 atom stereocenters. The minimum Gasteiger partial charge on any atom is -0.679 e. The Balaban J connectivity index is 0. The Morgan fingerprint density at radius 2 is 1.80 bits per heavy atom. The number of rotatable bonds is 1. The van der Waals surface area contributed by atoms with Crippen LogP contribution < -0.4 is 0 Å². The number of hydrogen-bond donors (Lipinski definition) is 0. The summed E-state index contributed by atoms with van der Waals surface area (Å²) in [5, 5.41) is 0. The van der Waals surface area contributed by atoms with Crippen LogP contribution in [0.25, 0.3) is 5.73 Å². The number of hydrogen-bond acceptors (Lipinski definition) is 0. The average Bonchev–Trinajstić information content (AvgIpc) is 1.37. The molecule has 0 saturated carbocycles. The molecule has 0 bridgehead atoms. The Hall–Kier alpha value is 0.648. The molecule has 0 aliphatic carbocycles. The van der Waals surface area contributed by atoms with E-state index < -0.39 is 0 Å². The molecule has 0 spiro atoms. The van der Waals surface area contributed by atoms with Gasteiger partial charge < -0.3 is 12.7 Å². The second kappa shape index (κ2) is 8.82. The maximum absolute atomic E-state index is 6.39. The van der Waals surface area contributed by atoms with Crippen molar-refractivity contribution in [2.75, 3.05) is 6.54 Å². The van der Waals surface area contributed by atoms with Crippen LogP contribution in [0.5, 0.6) is 0 Å². The van der Waals surface area contributed by atoms with Gasteiger partial charge in [0.2, 0.25) is 0 Å². The molecule has 34 valence electrons. The molecule has 0 saturated heterocycles. The van der Waals surface area contributed by atoms with Crippen molar-refractivity contribution in [3.63, 3.8) is 0 Å². The van der Waals surface area contributed by atoms with Crippen LogP contribution in [0.3, 0.4) is 0 Å². The minimum absolute atomic E-state index is 0. The summed E-state index contributed by atoms with van der Waals surface area (Å²) in [6, 6.07) is 0. The van der Waals surface area contributed by atoms with Crippen molar-refractivity contribution in [3.05, 3.63) is 12.7 Å². The second-order valence-corrected chi connectivity index (χ2v) is 0.604. The van der Waals surface area contributed by atoms with Crippen LogP contribution in [-0.2, 0) is 21.1 Å². The van der Waals surface area contributed by atoms with Gasteiger partial charge in [-0.05, 0) is 0 Å². The zero-order valence-corrected chi connectivity index (χ0v) is 5.21. The van der Waals surface area contributed by atoms with Crippen molar-refractivity contribution in [2.24, 2.45) is 0 Å². The smallest absolute Gasteiger partial charge is 0.679 e. The van der Waals surface area contributed by atoms with Crippen LogP contribution in [0.2, 0.25) is 0 Å². The van der Waals surface area contributed by atoms with E-state index in [1.54, 1.807) is 0 Å². The quantitative estimate of drug-likeness (QED) is 0.627. The summed E-state index contributed by atoms with van der Waals surface area (Å²) in [5.74, 6) is 0. The molecule has 0 rings (SSSR count). The fourth-order valence-corrected chi connectivity index (χ4v) is 0. The molecule has 1 N–H and O–H groups in total. The molecule has 0 aliphatic rings. The van der Waals surface area contributed by atoms with Gasteiger partial charge in [0.15, 0.2) is 0 Å². The summed E-state index contributed by atoms with van der Waals surface area (Å²) in [5.41, 5.74) is 6.39. The maximum Gasteiger partial charge on any atom is 2.00 e. The van der Waals surface area contributed by atoms with Crippen LogP contribution in [0.4, 0.5) is 0 Å². The molecule has 0 aromatic heterocycles. The topological polar surface area (TPSA) is 23.8 Å². The molecule has 5 heavy (non-hydrogen) atoms. The second-order valence-electron chi connectivity index (χ2n) is 0.604. The van der Waals surface area contributed by atoms with Gasteiger partial charge in [0.1, 0.15) is 0 Å². The fourth-order valence-electron chi connectivity index (χ4n) is 0. The molecule has 0 amide bonds. The van der Waals surface area contributed by atoms with Crippen LogP contribution in [0, 0.1) is 6.92 Å². The maximum atomic E-state index is 6.39. The van der Waals surface area contributed by atoms with E-state index >= 15 is 0 Å². The molecule has 0 aromatic rings. The molecular formula is C3H7NPt. The third-order valence-corrected chi connectivity index (χ3v) is 0.177. The molecule has 0 fully saturated rings. The van der Waals surface area contributed by atoms with Gasteiger partial charge in [0.05, 0.1) is 0 Å². The molecule has 0 radical (unpaired) electrons. The molecule has 0 aromatic carbocycles. The van der Waals surface area contributed by atoms with E-state index in [1.165, 1.54) is 0 Å². The van der Waals surface area contributed by atoms with Crippen molar-refractivity contribution in [2.45, 2.75) is 6.42 Å². The first-order chi connectivity index (χ1) is 1.91. The summed E-state index contributed by atoms with van der Waals surface area (Å²) >= 11 is 0. The Labute approximate surface area is 47.2 Å². The van der Waals surface area contributed by atoms with E-state index in [1.807, 2.05) is 0 Å². The van der Waals surface area contributed by atoms with E-state index in [4.69, 9.17) is 5.73 Å². The Bertz CT molecular complexity index is 8.85. The van der Waals surface area contributed by atoms with Crippen molar-refractivity contribution in [1.29, 1.82) is 0 Å². The summed E-state index contributed by atoms with van der Waals surface area (Å²) in [6.45, 7) is 3.88. The fraction of sp³-hybridized carbons (Fsp3) is 0.667. The number of nitrogens with one attached hydrogen (secondary N) is 1. The van der Waals surface area contributed by atoms with Gasteiger partial charge >= 0.3 is 21.1 Å². The first-order valence-corrected chi connectivity index (χ1v) is 1.35. The third kappa shape index (κ3) is 12.0. The third-order valence-electron chi connectivity index (χ3n) is 0.177. The van der Waals surface area contributed by atoms with Gasteiger partial charge in [0, 0.05) is 0 Å². The zero-order chi connectivity index (χ0) is 3.41. The van der Waals surface area contributed by atoms with Crippen LogP contribution in [-0.4, -0.2) is 6.54 Å². The van der Waals surface area contributed by atoms with Crippen LogP contribution in [0.1, 0.15) is 6.42 Å². The van der Waals surface area contributed by atoms with Crippen molar-refractivity contribution >= 4 is 0 Å². The summed E-state index contributed by atoms with van der Waals surface area (Å²) in [6.07, 6.45) is 0.736. The zero-order valence-electron chi connectivity index (χ0n) is 2.94. The molecular weight excluding hydrogens is 245 g/mol. The first kappa shape index (κ1) is 9.17. The summed E-state index contributed by atoms with van der Waals surface area (Å²) < 4.78 is 0. The Kier molecular flexibility index (Phi) is 16.2. The van der Waals surface area contributed by atoms with E-state index in [0.717, 1.165) is 6.42 Å². The van der Waals surface area contributed by atoms with Crippen LogP contribution >= 0.6 is 0 Å². The molecule has 2 heteroatoms. The normalized spacial score (nSPS) is 6.00. The molecule has 0 unspecified atom stereocenters. The van der Waals surface area contributed by atoms with Crippen LogP contribution in [0.15, 0.2) is 0 Å². The van der Waals surface area contributed by atoms with E-state index in [0.29, 0.717) is 6.54 Å². The van der Waals surface area contributed by atoms with Gasteiger partial charge in [-0.25, -0.2) is 6.42 Å². The van der Waals surface area contributed by atoms with Crippen molar-refractivity contribution in [3.8, 4) is 0 Å². The van der Waals surface area contributed by atoms with Gasteiger partial charge in [0.25, 0.3) is 0 Å². The van der Waals surface area contributed by atoms with Crippen molar-refractivity contribution < 1.29 is 21.1 Å². The van der Waals surface area contributed by atoms with E-state index in [2.05, 4.69) is 6.92 Å². The predicted octanol–water partition coefficient (Wildman–Crippen LogP) is 1.26.